The fourth-order valence-electron chi connectivity index (χ4n) is 5.39. The van der Waals surface area contributed by atoms with Crippen molar-refractivity contribution in [1.82, 2.24) is 4.31 Å². The zero-order valence-electron chi connectivity index (χ0n) is 24.1. The second-order valence-electron chi connectivity index (χ2n) is 10.9. The van der Waals surface area contributed by atoms with Gasteiger partial charge in [-0.1, -0.05) is 0 Å². The number of hydrogen-bond donors (Lipinski definition) is 0. The van der Waals surface area contributed by atoms with Crippen LogP contribution in [0.1, 0.15) is 50.7 Å². The van der Waals surface area contributed by atoms with Crippen LogP contribution in [-0.2, 0) is 26.1 Å². The quantitative estimate of drug-likeness (QED) is 0.206. The summed E-state index contributed by atoms with van der Waals surface area (Å²) >= 11 is 0.258. The summed E-state index contributed by atoms with van der Waals surface area (Å²) in [6.07, 6.45) is 3.46. The van der Waals surface area contributed by atoms with Gasteiger partial charge in [0.1, 0.15) is 0 Å². The monoisotopic (exact) mass is 629 g/mol. The average Bonchev–Trinajstić information content (AvgIpc) is 3.35. The molecule has 1 aliphatic heterocycles. The SMILES string of the molecule is CCC[C@H](C[C@@H]1CC([Se]c2ccccc2)[C@H]([C@@H](C)COCc2ccccc2)O1)N(C)S(=O)(=O)c1ccc(C)cc1. The number of nitrogens with zero attached hydrogens (tertiary/aromatic N) is 1. The molecule has 3 aromatic rings. The molecule has 5 atom stereocenters. The van der Waals surface area contributed by atoms with E-state index in [9.17, 15) is 8.42 Å². The minimum atomic E-state index is -3.59. The molecule has 0 radical (unpaired) electrons. The summed E-state index contributed by atoms with van der Waals surface area (Å²) < 4.78 is 42.9. The minimum absolute atomic E-state index is 0.0179. The number of aryl methyl sites for hydroxylation is 1. The molecule has 7 heteroatoms. The Morgan fingerprint density at radius 3 is 2.30 bits per heavy atom. The fraction of sp³-hybridized carbons (Fsp3) is 0.455. The van der Waals surface area contributed by atoms with Gasteiger partial charge in [-0.05, 0) is 0 Å². The summed E-state index contributed by atoms with van der Waals surface area (Å²) in [4.78, 5) is 0.762. The van der Waals surface area contributed by atoms with Gasteiger partial charge >= 0.3 is 248 Å². The number of ether oxygens (including phenoxy) is 2. The van der Waals surface area contributed by atoms with Crippen LogP contribution in [-0.4, -0.2) is 59.6 Å². The Kier molecular flexibility index (Phi) is 11.4. The maximum absolute atomic E-state index is 13.5. The fourth-order valence-corrected chi connectivity index (χ4v) is 9.81. The molecule has 0 saturated carbocycles. The molecular formula is C33H43NO4SSe. The van der Waals surface area contributed by atoms with Crippen molar-refractivity contribution >= 4 is 29.4 Å². The molecule has 0 aromatic heterocycles. The van der Waals surface area contributed by atoms with Gasteiger partial charge in [-0.2, -0.15) is 0 Å². The van der Waals surface area contributed by atoms with Gasteiger partial charge in [-0.25, -0.2) is 0 Å². The number of benzene rings is 3. The van der Waals surface area contributed by atoms with Crippen molar-refractivity contribution in [3.05, 3.63) is 96.1 Å². The Morgan fingerprint density at radius 1 is 1.00 bits per heavy atom. The first kappa shape index (κ1) is 31.0. The van der Waals surface area contributed by atoms with E-state index in [1.165, 1.54) is 10.0 Å². The average molecular weight is 629 g/mol. The van der Waals surface area contributed by atoms with E-state index in [4.69, 9.17) is 9.47 Å². The summed E-state index contributed by atoms with van der Waals surface area (Å²) in [7, 11) is -1.86. The summed E-state index contributed by atoms with van der Waals surface area (Å²) in [6.45, 7) is 7.54. The van der Waals surface area contributed by atoms with Crippen molar-refractivity contribution < 1.29 is 17.9 Å². The van der Waals surface area contributed by atoms with Gasteiger partial charge in [0.15, 0.2) is 0 Å². The third kappa shape index (κ3) is 8.28. The topological polar surface area (TPSA) is 55.8 Å². The van der Waals surface area contributed by atoms with E-state index in [0.717, 1.165) is 24.8 Å². The summed E-state index contributed by atoms with van der Waals surface area (Å²) in [5, 5.41) is 0. The van der Waals surface area contributed by atoms with Gasteiger partial charge in [0, 0.05) is 0 Å². The molecule has 0 bridgehead atoms. The molecule has 0 spiro atoms. The molecule has 1 fully saturated rings. The first-order valence-electron chi connectivity index (χ1n) is 14.3. The summed E-state index contributed by atoms with van der Waals surface area (Å²) in [5.74, 6) is 0.239. The Hall–Kier alpha value is -1.99. The van der Waals surface area contributed by atoms with Crippen LogP contribution in [0.4, 0.5) is 0 Å². The number of sulfonamides is 1. The molecule has 4 rings (SSSR count). The molecule has 1 heterocycles. The third-order valence-electron chi connectivity index (χ3n) is 7.66. The molecule has 216 valence electrons. The van der Waals surface area contributed by atoms with Gasteiger partial charge in [-0.3, -0.25) is 0 Å². The van der Waals surface area contributed by atoms with Crippen molar-refractivity contribution in [3.8, 4) is 0 Å². The predicted octanol–water partition coefficient (Wildman–Crippen LogP) is 6.00. The zero-order chi connectivity index (χ0) is 28.5. The molecule has 1 aliphatic rings. The van der Waals surface area contributed by atoms with Crippen LogP contribution >= 0.6 is 0 Å². The molecule has 3 aromatic carbocycles. The zero-order valence-corrected chi connectivity index (χ0v) is 26.6. The first-order chi connectivity index (χ1) is 19.3. The predicted molar refractivity (Wildman–Crippen MR) is 164 cm³/mol. The normalized spacial score (nSPS) is 21.0. The maximum atomic E-state index is 13.5. The van der Waals surface area contributed by atoms with Gasteiger partial charge < -0.3 is 0 Å². The number of rotatable bonds is 14. The van der Waals surface area contributed by atoms with Crippen molar-refractivity contribution in [2.45, 2.75) is 81.0 Å². The van der Waals surface area contributed by atoms with E-state index in [-0.39, 0.29) is 39.1 Å². The van der Waals surface area contributed by atoms with Crippen LogP contribution in [0.25, 0.3) is 0 Å². The van der Waals surface area contributed by atoms with Crippen LogP contribution in [0.5, 0.6) is 0 Å². The molecule has 0 aliphatic carbocycles. The number of hydrogen-bond acceptors (Lipinski definition) is 4. The third-order valence-corrected chi connectivity index (χ3v) is 12.3. The van der Waals surface area contributed by atoms with E-state index < -0.39 is 10.0 Å². The van der Waals surface area contributed by atoms with Gasteiger partial charge in [0.05, 0.1) is 0 Å². The van der Waals surface area contributed by atoms with Crippen LogP contribution in [0.3, 0.4) is 0 Å². The van der Waals surface area contributed by atoms with Crippen molar-refractivity contribution in [1.29, 1.82) is 0 Å². The molecule has 0 amide bonds. The molecule has 5 nitrogen and oxygen atoms in total. The molecule has 0 N–H and O–H groups in total. The van der Waals surface area contributed by atoms with Crippen molar-refractivity contribution in [3.63, 3.8) is 0 Å². The summed E-state index contributed by atoms with van der Waals surface area (Å²) in [5.41, 5.74) is 2.22. The van der Waals surface area contributed by atoms with Gasteiger partial charge in [-0.15, -0.1) is 0 Å². The van der Waals surface area contributed by atoms with E-state index in [1.807, 2.05) is 37.3 Å². The Labute approximate surface area is 247 Å². The Balaban J connectivity index is 1.46. The second kappa shape index (κ2) is 14.8. The van der Waals surface area contributed by atoms with Crippen LogP contribution in [0, 0.1) is 12.8 Å². The Bertz CT molecular complexity index is 1270. The standard InChI is InChI=1S/C33H43NO4SSe/c1-5-12-28(34(4)39(35,36)30-19-17-25(2)18-20-30)21-29-22-32(40-31-15-10-7-11-16-31)33(38-29)26(3)23-37-24-27-13-8-6-9-14-27/h6-11,13-20,26,28-29,32-33H,5,12,21-24H2,1-4H3/t26-,28+,29+,32?,33-/m0/s1. The van der Waals surface area contributed by atoms with E-state index in [1.54, 1.807) is 23.5 Å². The molecule has 40 heavy (non-hydrogen) atoms. The second-order valence-corrected chi connectivity index (χ2v) is 15.7. The van der Waals surface area contributed by atoms with Crippen molar-refractivity contribution in [2.75, 3.05) is 13.7 Å². The van der Waals surface area contributed by atoms with Gasteiger partial charge in [0.25, 0.3) is 0 Å². The Morgan fingerprint density at radius 2 is 1.65 bits per heavy atom. The molecule has 1 saturated heterocycles. The van der Waals surface area contributed by atoms with E-state index >= 15 is 0 Å². The molecular weight excluding hydrogens is 585 g/mol. The summed E-state index contributed by atoms with van der Waals surface area (Å²) in [6, 6.07) is 28.0. The van der Waals surface area contributed by atoms with Crippen LogP contribution in [0.2, 0.25) is 4.82 Å². The first-order valence-corrected chi connectivity index (χ1v) is 17.6. The van der Waals surface area contributed by atoms with Gasteiger partial charge in [0.2, 0.25) is 0 Å². The van der Waals surface area contributed by atoms with E-state index in [0.29, 0.717) is 29.3 Å². The molecule has 1 unspecified atom stereocenters. The van der Waals surface area contributed by atoms with Crippen molar-refractivity contribution in [2.24, 2.45) is 5.92 Å². The van der Waals surface area contributed by atoms with Crippen LogP contribution in [0.15, 0.2) is 89.8 Å². The van der Waals surface area contributed by atoms with Crippen LogP contribution < -0.4 is 4.46 Å². The van der Waals surface area contributed by atoms with E-state index in [2.05, 4.69) is 56.3 Å².